The minimum Gasteiger partial charge on any atom is -0.497 e. The van der Waals surface area contributed by atoms with E-state index < -0.39 is 0 Å². The molecule has 2 rings (SSSR count). The lowest BCUT2D eigenvalue weighted by Crippen LogP contribution is -2.54. The van der Waals surface area contributed by atoms with Crippen LogP contribution in [-0.4, -0.2) is 81.2 Å². The normalized spacial score (nSPS) is 14.4. The lowest BCUT2D eigenvalue weighted by atomic mass is 10.2. The maximum Gasteiger partial charge on any atom is 0.328 e. The van der Waals surface area contributed by atoms with Crippen molar-refractivity contribution in [3.05, 3.63) is 24.3 Å². The van der Waals surface area contributed by atoms with E-state index in [2.05, 4.69) is 4.90 Å². The Morgan fingerprint density at radius 3 is 2.30 bits per heavy atom. The third-order valence-electron chi connectivity index (χ3n) is 3.93. The van der Waals surface area contributed by atoms with Gasteiger partial charge in [-0.3, -0.25) is 0 Å². The summed E-state index contributed by atoms with van der Waals surface area (Å²) < 4.78 is 5.25. The monoisotopic (exact) mass is 320 g/mol. The second-order valence-corrected chi connectivity index (χ2v) is 5.69. The van der Waals surface area contributed by atoms with Crippen molar-refractivity contribution in [2.24, 2.45) is 0 Å². The zero-order chi connectivity index (χ0) is 17.0. The van der Waals surface area contributed by atoms with Gasteiger partial charge in [0.15, 0.2) is 0 Å². The number of methoxy groups -OCH3 is 1. The van der Waals surface area contributed by atoms with E-state index in [0.29, 0.717) is 13.1 Å². The molecule has 0 aliphatic carbocycles. The molecular weight excluding hydrogens is 296 g/mol. The Morgan fingerprint density at radius 2 is 1.74 bits per heavy atom. The van der Waals surface area contributed by atoms with Crippen LogP contribution in [0.5, 0.6) is 5.75 Å². The van der Waals surface area contributed by atoms with E-state index in [1.165, 1.54) is 11.9 Å². The van der Waals surface area contributed by atoms with E-state index in [0.717, 1.165) is 29.4 Å². The first-order chi connectivity index (χ1) is 10.9. The molecule has 0 aromatic heterocycles. The molecule has 1 aromatic rings. The molecule has 0 spiro atoms. The number of carbonyl (C=O) groups excluding carboxylic acids is 2. The molecule has 4 amide bonds. The highest BCUT2D eigenvalue weighted by Gasteiger charge is 2.27. The summed E-state index contributed by atoms with van der Waals surface area (Å²) in [7, 11) is 6.42. The Labute approximate surface area is 137 Å². The zero-order valence-corrected chi connectivity index (χ0v) is 14.2. The van der Waals surface area contributed by atoms with Crippen LogP contribution in [0.3, 0.4) is 0 Å². The molecule has 0 unspecified atom stereocenters. The van der Waals surface area contributed by atoms with Crippen LogP contribution in [0.4, 0.5) is 15.3 Å². The molecule has 1 aliphatic heterocycles. The number of hydrogen-bond donors (Lipinski definition) is 0. The van der Waals surface area contributed by atoms with Gasteiger partial charge in [0.05, 0.1) is 7.11 Å². The van der Waals surface area contributed by atoms with Crippen LogP contribution < -0.4 is 9.64 Å². The van der Waals surface area contributed by atoms with Crippen molar-refractivity contribution in [1.29, 1.82) is 0 Å². The average Bonchev–Trinajstić information content (AvgIpc) is 2.59. The number of nitrogens with zero attached hydrogens (tertiary/aromatic N) is 4. The van der Waals surface area contributed by atoms with Crippen LogP contribution in [0.15, 0.2) is 24.3 Å². The van der Waals surface area contributed by atoms with Crippen LogP contribution in [-0.2, 0) is 0 Å². The molecule has 0 atom stereocenters. The maximum absolute atomic E-state index is 12.4. The quantitative estimate of drug-likeness (QED) is 0.830. The number of amides is 4. The van der Waals surface area contributed by atoms with Gasteiger partial charge in [-0.2, -0.15) is 0 Å². The number of piperazine rings is 1. The molecule has 0 N–H and O–H groups in total. The van der Waals surface area contributed by atoms with Crippen LogP contribution in [0.25, 0.3) is 0 Å². The van der Waals surface area contributed by atoms with E-state index in [4.69, 9.17) is 4.74 Å². The SMILES string of the molecule is COc1cccc(N2CCN(C(=O)N(C)C(=O)N(C)C)CC2)c1. The molecule has 7 nitrogen and oxygen atoms in total. The van der Waals surface area contributed by atoms with Gasteiger partial charge in [-0.15, -0.1) is 0 Å². The molecule has 23 heavy (non-hydrogen) atoms. The summed E-state index contributed by atoms with van der Waals surface area (Å²) in [5.41, 5.74) is 1.08. The van der Waals surface area contributed by atoms with Crippen molar-refractivity contribution in [3.63, 3.8) is 0 Å². The van der Waals surface area contributed by atoms with Gasteiger partial charge in [0.25, 0.3) is 0 Å². The van der Waals surface area contributed by atoms with Crippen molar-refractivity contribution < 1.29 is 14.3 Å². The highest BCUT2D eigenvalue weighted by molar-refractivity contribution is 5.93. The Morgan fingerprint density at radius 1 is 1.09 bits per heavy atom. The summed E-state index contributed by atoms with van der Waals surface area (Å²) in [5.74, 6) is 0.817. The van der Waals surface area contributed by atoms with Crippen LogP contribution in [0.2, 0.25) is 0 Å². The van der Waals surface area contributed by atoms with Gasteiger partial charge in [0.1, 0.15) is 5.75 Å². The minimum atomic E-state index is -0.315. The number of benzene rings is 1. The maximum atomic E-state index is 12.4. The summed E-state index contributed by atoms with van der Waals surface area (Å²) in [6, 6.07) is 7.31. The van der Waals surface area contributed by atoms with Gasteiger partial charge in [-0.05, 0) is 12.1 Å². The van der Waals surface area contributed by atoms with Gasteiger partial charge < -0.3 is 19.4 Å². The van der Waals surface area contributed by atoms with Crippen molar-refractivity contribution in [2.75, 3.05) is 59.3 Å². The number of carbonyl (C=O) groups is 2. The number of urea groups is 2. The number of hydrogen-bond acceptors (Lipinski definition) is 4. The molecule has 0 saturated carbocycles. The van der Waals surface area contributed by atoms with Crippen LogP contribution >= 0.6 is 0 Å². The number of ether oxygens (including phenoxy) is 1. The number of anilines is 1. The van der Waals surface area contributed by atoms with E-state index in [1.807, 2.05) is 24.3 Å². The summed E-state index contributed by atoms with van der Waals surface area (Å²) in [6.45, 7) is 2.62. The molecule has 1 aromatic carbocycles. The van der Waals surface area contributed by atoms with Crippen LogP contribution in [0.1, 0.15) is 0 Å². The Kier molecular flexibility index (Phi) is 5.31. The van der Waals surface area contributed by atoms with Crippen molar-refractivity contribution in [3.8, 4) is 5.75 Å². The molecule has 0 radical (unpaired) electrons. The highest BCUT2D eigenvalue weighted by Crippen LogP contribution is 2.22. The third kappa shape index (κ3) is 3.85. The van der Waals surface area contributed by atoms with Crippen LogP contribution in [0, 0.1) is 0 Å². The number of imide groups is 1. The fourth-order valence-corrected chi connectivity index (χ4v) is 2.56. The smallest absolute Gasteiger partial charge is 0.328 e. The first kappa shape index (κ1) is 16.9. The lowest BCUT2D eigenvalue weighted by Gasteiger charge is -2.37. The molecular formula is C16H24N4O3. The first-order valence-electron chi connectivity index (χ1n) is 7.57. The largest absolute Gasteiger partial charge is 0.497 e. The topological polar surface area (TPSA) is 56.3 Å². The molecule has 1 heterocycles. The average molecular weight is 320 g/mol. The summed E-state index contributed by atoms with van der Waals surface area (Å²) in [4.78, 5) is 30.7. The van der Waals surface area contributed by atoms with E-state index in [-0.39, 0.29) is 12.1 Å². The van der Waals surface area contributed by atoms with E-state index in [9.17, 15) is 9.59 Å². The third-order valence-corrected chi connectivity index (χ3v) is 3.93. The molecule has 1 fully saturated rings. The van der Waals surface area contributed by atoms with Gasteiger partial charge in [0.2, 0.25) is 0 Å². The van der Waals surface area contributed by atoms with E-state index in [1.54, 1.807) is 26.1 Å². The predicted molar refractivity (Wildman–Crippen MR) is 89.0 cm³/mol. The standard InChI is InChI=1S/C16H24N4O3/c1-17(2)15(21)18(3)16(22)20-10-8-19(9-11-20)13-6-5-7-14(12-13)23-4/h5-7,12H,8-11H2,1-4H3. The second-order valence-electron chi connectivity index (χ2n) is 5.69. The van der Waals surface area contributed by atoms with Crippen molar-refractivity contribution >= 4 is 17.7 Å². The Balaban J connectivity index is 1.95. The minimum absolute atomic E-state index is 0.256. The van der Waals surface area contributed by atoms with Gasteiger partial charge in [-0.1, -0.05) is 6.07 Å². The second kappa shape index (κ2) is 7.21. The molecule has 1 aliphatic rings. The van der Waals surface area contributed by atoms with Gasteiger partial charge >= 0.3 is 12.1 Å². The summed E-state index contributed by atoms with van der Waals surface area (Å²) >= 11 is 0. The lowest BCUT2D eigenvalue weighted by molar-refractivity contribution is 0.149. The van der Waals surface area contributed by atoms with Gasteiger partial charge in [0, 0.05) is 59.1 Å². The fraction of sp³-hybridized carbons (Fsp3) is 0.500. The van der Waals surface area contributed by atoms with Crippen molar-refractivity contribution in [1.82, 2.24) is 14.7 Å². The van der Waals surface area contributed by atoms with Crippen molar-refractivity contribution in [2.45, 2.75) is 0 Å². The Hall–Kier alpha value is -2.44. The Bertz CT molecular complexity index is 568. The van der Waals surface area contributed by atoms with Gasteiger partial charge in [-0.25, -0.2) is 14.5 Å². The zero-order valence-electron chi connectivity index (χ0n) is 14.2. The summed E-state index contributed by atoms with van der Waals surface area (Å²) in [5, 5.41) is 0. The molecule has 7 heteroatoms. The fourth-order valence-electron chi connectivity index (χ4n) is 2.56. The highest BCUT2D eigenvalue weighted by atomic mass is 16.5. The molecule has 126 valence electrons. The van der Waals surface area contributed by atoms with E-state index >= 15 is 0 Å². The first-order valence-corrected chi connectivity index (χ1v) is 7.57. The number of rotatable bonds is 2. The predicted octanol–water partition coefficient (Wildman–Crippen LogP) is 1.55. The summed E-state index contributed by atoms with van der Waals surface area (Å²) in [6.07, 6.45) is 0. The molecule has 0 bridgehead atoms. The molecule has 1 saturated heterocycles.